The lowest BCUT2D eigenvalue weighted by Crippen LogP contribution is -2.41. The zero-order valence-corrected chi connectivity index (χ0v) is 19.7. The topological polar surface area (TPSA) is 66.5 Å². The minimum Gasteiger partial charge on any atom is -0.354 e. The number of carbonyl (C=O) groups excluding carboxylic acids is 1. The van der Waals surface area contributed by atoms with Crippen LogP contribution < -0.4 is 9.62 Å². The first-order chi connectivity index (χ1) is 13.6. The Balaban J connectivity index is 1.88. The first-order valence-electron chi connectivity index (χ1n) is 8.91. The molecule has 2 aromatic carbocycles. The highest BCUT2D eigenvalue weighted by molar-refractivity contribution is 7.98. The number of rotatable bonds is 9. The average Bonchev–Trinajstić information content (AvgIpc) is 2.62. The Bertz CT molecular complexity index is 982. The number of anilines is 1. The van der Waals surface area contributed by atoms with Crippen LogP contribution in [0.4, 0.5) is 5.69 Å². The molecule has 29 heavy (non-hydrogen) atoms. The summed E-state index contributed by atoms with van der Waals surface area (Å²) in [5, 5.41) is 3.99. The van der Waals surface area contributed by atoms with Crippen molar-refractivity contribution in [2.24, 2.45) is 0 Å². The fourth-order valence-electron chi connectivity index (χ4n) is 2.64. The third-order valence-corrected chi connectivity index (χ3v) is 6.88. The van der Waals surface area contributed by atoms with Crippen LogP contribution in [0.2, 0.25) is 10.0 Å². The van der Waals surface area contributed by atoms with E-state index in [-0.39, 0.29) is 12.5 Å². The number of carbonyl (C=O) groups is 1. The van der Waals surface area contributed by atoms with Gasteiger partial charge in [0.05, 0.1) is 11.9 Å². The summed E-state index contributed by atoms with van der Waals surface area (Å²) in [6.07, 6.45) is 1.10. The molecular formula is C20H24Cl2N2O3S2. The zero-order chi connectivity index (χ0) is 21.6. The van der Waals surface area contributed by atoms with Crippen molar-refractivity contribution in [3.63, 3.8) is 0 Å². The molecule has 0 radical (unpaired) electrons. The fraction of sp³-hybridized carbons (Fsp3) is 0.350. The van der Waals surface area contributed by atoms with Crippen molar-refractivity contribution in [2.45, 2.75) is 19.6 Å². The highest BCUT2D eigenvalue weighted by atomic mass is 35.5. The normalized spacial score (nSPS) is 11.3. The van der Waals surface area contributed by atoms with Crippen LogP contribution >= 0.6 is 35.0 Å². The summed E-state index contributed by atoms with van der Waals surface area (Å²) >= 11 is 13.7. The molecule has 0 saturated carbocycles. The highest BCUT2D eigenvalue weighted by Crippen LogP contribution is 2.25. The van der Waals surface area contributed by atoms with Crippen molar-refractivity contribution in [3.05, 3.63) is 63.1 Å². The summed E-state index contributed by atoms with van der Waals surface area (Å²) < 4.78 is 25.6. The summed E-state index contributed by atoms with van der Waals surface area (Å²) in [5.74, 6) is 1.03. The van der Waals surface area contributed by atoms with Gasteiger partial charge < -0.3 is 5.32 Å². The van der Waals surface area contributed by atoms with Crippen molar-refractivity contribution in [1.29, 1.82) is 0 Å². The van der Waals surface area contributed by atoms with Crippen molar-refractivity contribution in [2.75, 3.05) is 29.4 Å². The van der Waals surface area contributed by atoms with Gasteiger partial charge in [-0.05, 0) is 48.7 Å². The molecule has 0 heterocycles. The van der Waals surface area contributed by atoms with Crippen molar-refractivity contribution >= 4 is 56.6 Å². The smallest absolute Gasteiger partial charge is 0.240 e. The summed E-state index contributed by atoms with van der Waals surface area (Å²) in [6, 6.07) is 10.9. The highest BCUT2D eigenvalue weighted by Gasteiger charge is 2.22. The average molecular weight is 475 g/mol. The van der Waals surface area contributed by atoms with Gasteiger partial charge in [-0.1, -0.05) is 41.4 Å². The summed E-state index contributed by atoms with van der Waals surface area (Å²) in [4.78, 5) is 12.3. The molecule has 0 bridgehead atoms. The number of hydrogen-bond donors (Lipinski definition) is 1. The molecule has 1 N–H and O–H groups in total. The monoisotopic (exact) mass is 474 g/mol. The fourth-order valence-corrected chi connectivity index (χ4v) is 4.96. The van der Waals surface area contributed by atoms with E-state index in [9.17, 15) is 13.2 Å². The number of nitrogens with zero attached hydrogens (tertiary/aromatic N) is 1. The molecule has 0 fully saturated rings. The van der Waals surface area contributed by atoms with E-state index in [1.54, 1.807) is 30.0 Å². The van der Waals surface area contributed by atoms with E-state index in [2.05, 4.69) is 5.32 Å². The number of hydrogen-bond acceptors (Lipinski definition) is 4. The van der Waals surface area contributed by atoms with Crippen molar-refractivity contribution in [1.82, 2.24) is 5.32 Å². The lowest BCUT2D eigenvalue weighted by molar-refractivity contribution is -0.119. The largest absolute Gasteiger partial charge is 0.354 e. The molecule has 0 aromatic heterocycles. The number of aryl methyl sites for hydroxylation is 2. The number of benzene rings is 2. The van der Waals surface area contributed by atoms with Gasteiger partial charge in [0.1, 0.15) is 6.54 Å². The molecule has 2 aromatic rings. The molecule has 0 unspecified atom stereocenters. The Hall–Kier alpha value is -1.41. The summed E-state index contributed by atoms with van der Waals surface area (Å²) in [6.45, 7) is 3.88. The van der Waals surface area contributed by atoms with Crippen molar-refractivity contribution in [3.8, 4) is 0 Å². The van der Waals surface area contributed by atoms with Gasteiger partial charge in [0.2, 0.25) is 15.9 Å². The number of thioether (sulfide) groups is 1. The van der Waals surface area contributed by atoms with Crippen LogP contribution in [0.1, 0.15) is 16.7 Å². The van der Waals surface area contributed by atoms with Gasteiger partial charge in [-0.25, -0.2) is 8.42 Å². The Kier molecular flexibility index (Phi) is 8.70. The lowest BCUT2D eigenvalue weighted by atomic mass is 10.1. The van der Waals surface area contributed by atoms with Crippen LogP contribution in [0.3, 0.4) is 0 Å². The number of halogens is 2. The number of amides is 1. The third kappa shape index (κ3) is 7.41. The standard InChI is InChI=1S/C20H24Cl2N2O3S2/c1-14-4-5-15(2)19(10-14)24(29(3,26)27)12-20(25)23-8-9-28-13-16-6-7-17(21)11-18(16)22/h4-7,10-11H,8-9,12-13H2,1-3H3,(H,23,25). The van der Waals surface area contributed by atoms with E-state index in [0.29, 0.717) is 33.8 Å². The molecule has 5 nitrogen and oxygen atoms in total. The minimum absolute atomic E-state index is 0.253. The van der Waals surface area contributed by atoms with Gasteiger partial charge in [-0.3, -0.25) is 9.10 Å². The van der Waals surface area contributed by atoms with Crippen LogP contribution in [0.5, 0.6) is 0 Å². The summed E-state index contributed by atoms with van der Waals surface area (Å²) in [5.41, 5.74) is 3.22. The predicted octanol–water partition coefficient (Wildman–Crippen LogP) is 4.43. The van der Waals surface area contributed by atoms with Gasteiger partial charge in [0.15, 0.2) is 0 Å². The Morgan fingerprint density at radius 2 is 1.86 bits per heavy atom. The second-order valence-corrected chi connectivity index (χ2v) is 10.6. The Labute approximate surface area is 186 Å². The van der Waals surface area contributed by atoms with E-state index in [0.717, 1.165) is 27.3 Å². The van der Waals surface area contributed by atoms with Gasteiger partial charge in [0.25, 0.3) is 0 Å². The maximum absolute atomic E-state index is 12.3. The van der Waals surface area contributed by atoms with Gasteiger partial charge in [0, 0.05) is 28.1 Å². The third-order valence-electron chi connectivity index (χ3n) is 4.16. The molecule has 0 atom stereocenters. The van der Waals surface area contributed by atoms with Crippen LogP contribution in [0.15, 0.2) is 36.4 Å². The number of nitrogens with one attached hydrogen (secondary N) is 1. The SMILES string of the molecule is Cc1ccc(C)c(N(CC(=O)NCCSCc2ccc(Cl)cc2Cl)S(C)(=O)=O)c1. The molecule has 0 aliphatic heterocycles. The molecule has 1 amide bonds. The maximum atomic E-state index is 12.3. The minimum atomic E-state index is -3.59. The second-order valence-electron chi connectivity index (χ2n) is 6.70. The maximum Gasteiger partial charge on any atom is 0.240 e. The van der Waals surface area contributed by atoms with Crippen LogP contribution in [-0.2, 0) is 20.6 Å². The van der Waals surface area contributed by atoms with Crippen LogP contribution in [0, 0.1) is 13.8 Å². The molecule has 158 valence electrons. The van der Waals surface area contributed by atoms with Crippen LogP contribution in [0.25, 0.3) is 0 Å². The number of sulfonamides is 1. The second kappa shape index (κ2) is 10.6. The van der Waals surface area contributed by atoms with E-state index in [1.165, 1.54) is 0 Å². The molecule has 9 heteroatoms. The zero-order valence-electron chi connectivity index (χ0n) is 16.5. The lowest BCUT2D eigenvalue weighted by Gasteiger charge is -2.24. The molecule has 0 saturated heterocycles. The van der Waals surface area contributed by atoms with E-state index >= 15 is 0 Å². The molecular weight excluding hydrogens is 451 g/mol. The Morgan fingerprint density at radius 1 is 1.14 bits per heavy atom. The molecule has 2 rings (SSSR count). The summed E-state index contributed by atoms with van der Waals surface area (Å²) in [7, 11) is -3.59. The van der Waals surface area contributed by atoms with E-state index in [1.807, 2.05) is 32.0 Å². The van der Waals surface area contributed by atoms with Crippen molar-refractivity contribution < 1.29 is 13.2 Å². The quantitative estimate of drug-likeness (QED) is 0.545. The first kappa shape index (κ1) is 23.9. The predicted molar refractivity (Wildman–Crippen MR) is 124 cm³/mol. The first-order valence-corrected chi connectivity index (χ1v) is 12.7. The van der Waals surface area contributed by atoms with Gasteiger partial charge in [-0.2, -0.15) is 11.8 Å². The Morgan fingerprint density at radius 3 is 2.52 bits per heavy atom. The molecule has 0 spiro atoms. The van der Waals surface area contributed by atoms with Crippen LogP contribution in [-0.4, -0.2) is 39.4 Å². The van der Waals surface area contributed by atoms with E-state index < -0.39 is 10.0 Å². The van der Waals surface area contributed by atoms with E-state index in [4.69, 9.17) is 23.2 Å². The molecule has 0 aliphatic carbocycles. The molecule has 0 aliphatic rings. The van der Waals surface area contributed by atoms with Gasteiger partial charge >= 0.3 is 0 Å². The van der Waals surface area contributed by atoms with Gasteiger partial charge in [-0.15, -0.1) is 0 Å².